The first-order chi connectivity index (χ1) is 12.6. The smallest absolute Gasteiger partial charge is 0.254 e. The highest BCUT2D eigenvalue weighted by Gasteiger charge is 2.21. The molecule has 0 radical (unpaired) electrons. The fourth-order valence-electron chi connectivity index (χ4n) is 2.63. The monoisotopic (exact) mass is 386 g/mol. The molecular weight excluding hydrogens is 364 g/mol. The highest BCUT2D eigenvalue weighted by Crippen LogP contribution is 2.27. The van der Waals surface area contributed by atoms with Gasteiger partial charge in [-0.3, -0.25) is 9.82 Å². The van der Waals surface area contributed by atoms with Gasteiger partial charge in [0.15, 0.2) is 5.65 Å². The van der Waals surface area contributed by atoms with Crippen molar-refractivity contribution in [1.82, 2.24) is 20.2 Å². The maximum absolute atomic E-state index is 11.7. The molecule has 0 bridgehead atoms. The van der Waals surface area contributed by atoms with Crippen LogP contribution in [-0.4, -0.2) is 28.6 Å². The van der Waals surface area contributed by atoms with Crippen molar-refractivity contribution >= 4 is 32.6 Å². The summed E-state index contributed by atoms with van der Waals surface area (Å²) in [5.74, 6) is 1.00. The summed E-state index contributed by atoms with van der Waals surface area (Å²) in [5, 5.41) is 8.79. The summed E-state index contributed by atoms with van der Waals surface area (Å²) in [7, 11) is -3.56. The van der Waals surface area contributed by atoms with Crippen LogP contribution in [0.15, 0.2) is 36.3 Å². The molecule has 4 N–H and O–H groups in total. The minimum Gasteiger partial charge on any atom is -0.383 e. The highest BCUT2D eigenvalue weighted by molar-refractivity contribution is 7.95. The lowest BCUT2D eigenvalue weighted by Gasteiger charge is -2.16. The van der Waals surface area contributed by atoms with Crippen molar-refractivity contribution in [3.63, 3.8) is 0 Å². The van der Waals surface area contributed by atoms with Gasteiger partial charge in [-0.2, -0.15) is 5.10 Å². The molecule has 0 unspecified atom stereocenters. The Morgan fingerprint density at radius 2 is 2.04 bits per heavy atom. The molecule has 3 rings (SSSR count). The number of nitrogens with two attached hydrogens (primary N) is 1. The molecule has 0 amide bonds. The van der Waals surface area contributed by atoms with Crippen LogP contribution in [0.1, 0.15) is 37.9 Å². The second-order valence-electron chi connectivity index (χ2n) is 7.27. The van der Waals surface area contributed by atoms with Crippen molar-refractivity contribution in [2.24, 2.45) is 0 Å². The molecular formula is C18H22N6O2S. The van der Waals surface area contributed by atoms with Gasteiger partial charge in [0.2, 0.25) is 0 Å². The predicted molar refractivity (Wildman–Crippen MR) is 107 cm³/mol. The van der Waals surface area contributed by atoms with Gasteiger partial charge < -0.3 is 5.73 Å². The Morgan fingerprint density at radius 1 is 1.30 bits per heavy atom. The third kappa shape index (κ3) is 4.08. The maximum atomic E-state index is 11.7. The van der Waals surface area contributed by atoms with Crippen LogP contribution in [0, 0.1) is 0 Å². The Morgan fingerprint density at radius 3 is 2.70 bits per heavy atom. The van der Waals surface area contributed by atoms with Crippen LogP contribution in [-0.2, 0) is 21.9 Å². The number of hydrogen-bond donors (Lipinski definition) is 3. The van der Waals surface area contributed by atoms with E-state index in [0.717, 1.165) is 16.7 Å². The average molecular weight is 386 g/mol. The molecule has 0 saturated heterocycles. The largest absolute Gasteiger partial charge is 0.383 e. The number of sulfonamides is 1. The molecule has 0 aliphatic heterocycles. The number of benzene rings is 1. The summed E-state index contributed by atoms with van der Waals surface area (Å²) in [5.41, 5.74) is 8.55. The second-order valence-corrected chi connectivity index (χ2v) is 8.90. The zero-order valence-electron chi connectivity index (χ0n) is 15.4. The quantitative estimate of drug-likeness (QED) is 0.619. The van der Waals surface area contributed by atoms with Crippen molar-refractivity contribution in [1.29, 1.82) is 0 Å². The number of aromatic amines is 1. The number of nitrogens with zero attached hydrogens (tertiary/aromatic N) is 3. The Kier molecular flexibility index (Phi) is 4.64. The van der Waals surface area contributed by atoms with Crippen molar-refractivity contribution < 1.29 is 8.42 Å². The van der Waals surface area contributed by atoms with Crippen LogP contribution in [0.25, 0.3) is 11.0 Å². The first kappa shape index (κ1) is 18.8. The van der Waals surface area contributed by atoms with E-state index in [4.69, 9.17) is 5.73 Å². The normalized spacial score (nSPS) is 12.3. The van der Waals surface area contributed by atoms with Gasteiger partial charge in [0.1, 0.15) is 11.6 Å². The molecule has 0 spiro atoms. The van der Waals surface area contributed by atoms with Gasteiger partial charge in [0.05, 0.1) is 11.1 Å². The minimum absolute atomic E-state index is 0.238. The van der Waals surface area contributed by atoms with E-state index in [2.05, 4.69) is 31.5 Å². The SMILES string of the molecule is C=CS(=O)(=O)Nc1cccc(Cc2[nH]nc3nc(C(C)(C)C)nc(N)c23)c1. The van der Waals surface area contributed by atoms with E-state index >= 15 is 0 Å². The Hall–Kier alpha value is -2.94. The molecule has 0 saturated carbocycles. The van der Waals surface area contributed by atoms with Crippen LogP contribution < -0.4 is 10.5 Å². The number of fused-ring (bicyclic) bond motifs is 1. The molecule has 1 aromatic carbocycles. The lowest BCUT2D eigenvalue weighted by Crippen LogP contribution is -2.17. The molecule has 2 aromatic heterocycles. The zero-order chi connectivity index (χ0) is 19.8. The predicted octanol–water partition coefficient (Wildman–Crippen LogP) is 2.71. The van der Waals surface area contributed by atoms with Gasteiger partial charge in [-0.1, -0.05) is 39.5 Å². The van der Waals surface area contributed by atoms with Crippen LogP contribution in [0.5, 0.6) is 0 Å². The summed E-state index contributed by atoms with van der Waals surface area (Å²) in [6, 6.07) is 7.07. The van der Waals surface area contributed by atoms with Gasteiger partial charge in [0, 0.05) is 22.9 Å². The van der Waals surface area contributed by atoms with E-state index in [-0.39, 0.29) is 5.41 Å². The van der Waals surface area contributed by atoms with Gasteiger partial charge in [-0.05, 0) is 17.7 Å². The van der Waals surface area contributed by atoms with Crippen LogP contribution in [0.4, 0.5) is 11.5 Å². The van der Waals surface area contributed by atoms with Gasteiger partial charge in [-0.15, -0.1) is 0 Å². The molecule has 2 heterocycles. The number of H-pyrrole nitrogens is 1. The topological polar surface area (TPSA) is 127 Å². The maximum Gasteiger partial charge on any atom is 0.254 e. The summed E-state index contributed by atoms with van der Waals surface area (Å²) in [6.07, 6.45) is 0.475. The molecule has 0 aliphatic rings. The van der Waals surface area contributed by atoms with Crippen molar-refractivity contribution in [3.05, 3.63) is 53.3 Å². The van der Waals surface area contributed by atoms with Crippen molar-refractivity contribution in [2.75, 3.05) is 10.5 Å². The van der Waals surface area contributed by atoms with Crippen molar-refractivity contribution in [2.45, 2.75) is 32.6 Å². The first-order valence-electron chi connectivity index (χ1n) is 8.34. The summed E-state index contributed by atoms with van der Waals surface area (Å²) >= 11 is 0. The first-order valence-corrected chi connectivity index (χ1v) is 9.89. The third-order valence-electron chi connectivity index (χ3n) is 3.97. The van der Waals surface area contributed by atoms with Crippen LogP contribution >= 0.6 is 0 Å². The molecule has 0 fully saturated rings. The van der Waals surface area contributed by atoms with Crippen LogP contribution in [0.3, 0.4) is 0 Å². The van der Waals surface area contributed by atoms with Gasteiger partial charge in [0.25, 0.3) is 10.0 Å². The number of anilines is 2. The van der Waals surface area contributed by atoms with E-state index < -0.39 is 10.0 Å². The molecule has 0 atom stereocenters. The fourth-order valence-corrected chi connectivity index (χ4v) is 3.17. The minimum atomic E-state index is -3.56. The number of rotatable bonds is 5. The molecule has 9 heteroatoms. The lowest BCUT2D eigenvalue weighted by molar-refractivity contribution is 0.549. The van der Waals surface area contributed by atoms with Gasteiger partial charge >= 0.3 is 0 Å². The molecule has 27 heavy (non-hydrogen) atoms. The number of hydrogen-bond acceptors (Lipinski definition) is 6. The van der Waals surface area contributed by atoms with Crippen molar-refractivity contribution in [3.8, 4) is 0 Å². The summed E-state index contributed by atoms with van der Waals surface area (Å²) < 4.78 is 25.7. The average Bonchev–Trinajstić information content (AvgIpc) is 2.97. The lowest BCUT2D eigenvalue weighted by atomic mass is 9.95. The van der Waals surface area contributed by atoms with E-state index in [9.17, 15) is 8.42 Å². The van der Waals surface area contributed by atoms with E-state index in [0.29, 0.717) is 34.8 Å². The number of nitrogen functional groups attached to an aromatic ring is 1. The van der Waals surface area contributed by atoms with Crippen LogP contribution in [0.2, 0.25) is 0 Å². The molecule has 8 nitrogen and oxygen atoms in total. The summed E-state index contributed by atoms with van der Waals surface area (Å²) in [6.45, 7) is 9.32. The summed E-state index contributed by atoms with van der Waals surface area (Å²) in [4.78, 5) is 8.94. The standard InChI is InChI=1S/C18H22N6O2S/c1-5-27(25,26)24-12-8-6-7-11(9-12)10-13-14-15(19)20-17(18(2,3)4)21-16(14)23-22-13/h5-9,24H,1,10H2,2-4H3,(H3,19,20,21,22,23). The molecule has 142 valence electrons. The highest BCUT2D eigenvalue weighted by atomic mass is 32.2. The molecule has 0 aliphatic carbocycles. The second kappa shape index (κ2) is 6.66. The fraction of sp³-hybridized carbons (Fsp3) is 0.278. The Labute approximate surface area is 158 Å². The van der Waals surface area contributed by atoms with E-state index in [1.165, 1.54) is 0 Å². The number of nitrogens with one attached hydrogen (secondary N) is 2. The van der Waals surface area contributed by atoms with Gasteiger partial charge in [-0.25, -0.2) is 18.4 Å². The number of aromatic nitrogens is 4. The zero-order valence-corrected chi connectivity index (χ0v) is 16.3. The van der Waals surface area contributed by atoms with E-state index in [1.807, 2.05) is 26.8 Å². The molecule has 3 aromatic rings. The Bertz CT molecular complexity index is 1110. The third-order valence-corrected chi connectivity index (χ3v) is 4.93. The Balaban J connectivity index is 1.95. The van der Waals surface area contributed by atoms with E-state index in [1.54, 1.807) is 18.2 Å².